The number of carbonyl (C=O) groups excluding carboxylic acids is 1. The zero-order chi connectivity index (χ0) is 17.9. The van der Waals surface area contributed by atoms with Crippen LogP contribution in [0.2, 0.25) is 0 Å². The van der Waals surface area contributed by atoms with Crippen molar-refractivity contribution in [3.05, 3.63) is 102 Å². The number of likely N-dealkylation sites (tertiary alicyclic amines) is 1. The SMILES string of the molecule is O=C1[C@@H](Oc2ccccc2)[C@@H](c2ccccc2F)N1Cc1ccccc1. The molecule has 4 rings (SSSR count). The van der Waals surface area contributed by atoms with E-state index in [1.807, 2.05) is 48.5 Å². The van der Waals surface area contributed by atoms with Crippen molar-refractivity contribution in [1.29, 1.82) is 0 Å². The Balaban J connectivity index is 1.64. The van der Waals surface area contributed by atoms with Crippen LogP contribution in [0.4, 0.5) is 4.39 Å². The number of halogens is 1. The van der Waals surface area contributed by atoms with Crippen LogP contribution in [-0.4, -0.2) is 16.9 Å². The van der Waals surface area contributed by atoms with Gasteiger partial charge >= 0.3 is 0 Å². The van der Waals surface area contributed by atoms with Crippen molar-refractivity contribution >= 4 is 5.91 Å². The molecular weight excluding hydrogens is 329 g/mol. The third-order valence-corrected chi connectivity index (χ3v) is 4.57. The molecule has 1 heterocycles. The first-order valence-electron chi connectivity index (χ1n) is 8.54. The lowest BCUT2D eigenvalue weighted by molar-refractivity contribution is -0.165. The van der Waals surface area contributed by atoms with Gasteiger partial charge in [0.05, 0.1) is 0 Å². The van der Waals surface area contributed by atoms with Gasteiger partial charge in [-0.1, -0.05) is 66.7 Å². The molecular formula is C22H18FNO2. The fourth-order valence-corrected chi connectivity index (χ4v) is 3.28. The van der Waals surface area contributed by atoms with Gasteiger partial charge in [-0.3, -0.25) is 4.79 Å². The summed E-state index contributed by atoms with van der Waals surface area (Å²) in [4.78, 5) is 14.4. The molecule has 0 saturated carbocycles. The normalized spacial score (nSPS) is 19.1. The maximum Gasteiger partial charge on any atom is 0.267 e. The van der Waals surface area contributed by atoms with Gasteiger partial charge in [0.15, 0.2) is 0 Å². The molecule has 0 radical (unpaired) electrons. The number of benzene rings is 3. The molecule has 3 aromatic rings. The van der Waals surface area contributed by atoms with Gasteiger partial charge in [0.1, 0.15) is 17.6 Å². The molecule has 3 nitrogen and oxygen atoms in total. The Morgan fingerprint density at radius 1 is 0.846 bits per heavy atom. The number of hydrogen-bond donors (Lipinski definition) is 0. The van der Waals surface area contributed by atoms with Crippen LogP contribution in [0, 0.1) is 5.82 Å². The molecule has 1 aliphatic rings. The highest BCUT2D eigenvalue weighted by Crippen LogP contribution is 2.39. The van der Waals surface area contributed by atoms with E-state index in [9.17, 15) is 9.18 Å². The average molecular weight is 347 g/mol. The van der Waals surface area contributed by atoms with E-state index in [1.54, 1.807) is 35.2 Å². The largest absolute Gasteiger partial charge is 0.478 e. The van der Waals surface area contributed by atoms with E-state index >= 15 is 0 Å². The Kier molecular flexibility index (Phi) is 4.40. The van der Waals surface area contributed by atoms with Gasteiger partial charge < -0.3 is 9.64 Å². The van der Waals surface area contributed by atoms with Crippen LogP contribution < -0.4 is 4.74 Å². The zero-order valence-electron chi connectivity index (χ0n) is 14.1. The zero-order valence-corrected chi connectivity index (χ0v) is 14.1. The van der Waals surface area contributed by atoms with Gasteiger partial charge in [0.25, 0.3) is 5.91 Å². The fraction of sp³-hybridized carbons (Fsp3) is 0.136. The maximum atomic E-state index is 14.4. The van der Waals surface area contributed by atoms with Crippen molar-refractivity contribution in [1.82, 2.24) is 4.90 Å². The summed E-state index contributed by atoms with van der Waals surface area (Å²) < 4.78 is 20.3. The molecule has 1 amide bonds. The number of para-hydroxylation sites is 1. The number of carbonyl (C=O) groups is 1. The van der Waals surface area contributed by atoms with Crippen molar-refractivity contribution in [2.45, 2.75) is 18.7 Å². The number of hydrogen-bond acceptors (Lipinski definition) is 2. The van der Waals surface area contributed by atoms with Crippen molar-refractivity contribution in [3.63, 3.8) is 0 Å². The molecule has 2 atom stereocenters. The lowest BCUT2D eigenvalue weighted by Crippen LogP contribution is -2.60. The van der Waals surface area contributed by atoms with E-state index in [0.29, 0.717) is 17.9 Å². The predicted octanol–water partition coefficient (Wildman–Crippen LogP) is 4.36. The molecule has 1 aliphatic heterocycles. The van der Waals surface area contributed by atoms with Gasteiger partial charge in [-0.2, -0.15) is 0 Å². The maximum absolute atomic E-state index is 14.4. The first kappa shape index (κ1) is 16.3. The highest BCUT2D eigenvalue weighted by molar-refractivity contribution is 5.89. The highest BCUT2D eigenvalue weighted by Gasteiger charge is 2.50. The minimum atomic E-state index is -0.724. The van der Waals surface area contributed by atoms with Crippen LogP contribution in [0.25, 0.3) is 0 Å². The Morgan fingerprint density at radius 2 is 1.46 bits per heavy atom. The smallest absolute Gasteiger partial charge is 0.267 e. The Morgan fingerprint density at radius 3 is 2.15 bits per heavy atom. The number of ether oxygens (including phenoxy) is 1. The molecule has 0 N–H and O–H groups in total. The summed E-state index contributed by atoms with van der Waals surface area (Å²) in [6.45, 7) is 0.424. The number of β-lactam (4-membered cyclic amide) rings is 1. The molecule has 0 aliphatic carbocycles. The molecule has 4 heteroatoms. The molecule has 0 bridgehead atoms. The Labute approximate surface area is 151 Å². The van der Waals surface area contributed by atoms with Crippen LogP contribution in [0.15, 0.2) is 84.9 Å². The van der Waals surface area contributed by atoms with Gasteiger partial charge in [-0.25, -0.2) is 4.39 Å². The minimum absolute atomic E-state index is 0.133. The second kappa shape index (κ2) is 7.00. The predicted molar refractivity (Wildman–Crippen MR) is 97.0 cm³/mol. The van der Waals surface area contributed by atoms with Gasteiger partial charge in [0, 0.05) is 12.1 Å². The monoisotopic (exact) mass is 347 g/mol. The summed E-state index contributed by atoms with van der Waals surface area (Å²) in [7, 11) is 0. The summed E-state index contributed by atoms with van der Waals surface area (Å²) in [6.07, 6.45) is -0.724. The van der Waals surface area contributed by atoms with Crippen molar-refractivity contribution in [3.8, 4) is 5.75 Å². The number of amides is 1. The molecule has 1 fully saturated rings. The van der Waals surface area contributed by atoms with Crippen LogP contribution in [0.1, 0.15) is 17.2 Å². The minimum Gasteiger partial charge on any atom is -0.478 e. The molecule has 1 saturated heterocycles. The van der Waals surface area contributed by atoms with Crippen LogP contribution >= 0.6 is 0 Å². The Hall–Kier alpha value is -3.14. The van der Waals surface area contributed by atoms with Crippen molar-refractivity contribution in [2.75, 3.05) is 0 Å². The van der Waals surface area contributed by atoms with E-state index < -0.39 is 12.1 Å². The van der Waals surface area contributed by atoms with Gasteiger partial charge in [-0.15, -0.1) is 0 Å². The van der Waals surface area contributed by atoms with E-state index in [4.69, 9.17) is 4.74 Å². The lowest BCUT2D eigenvalue weighted by Gasteiger charge is -2.46. The van der Waals surface area contributed by atoms with Crippen LogP contribution in [0.5, 0.6) is 5.75 Å². The third-order valence-electron chi connectivity index (χ3n) is 4.57. The van der Waals surface area contributed by atoms with Crippen molar-refractivity contribution < 1.29 is 13.9 Å². The quantitative estimate of drug-likeness (QED) is 0.642. The van der Waals surface area contributed by atoms with E-state index in [-0.39, 0.29) is 11.7 Å². The molecule has 0 unspecified atom stereocenters. The molecule has 0 spiro atoms. The van der Waals surface area contributed by atoms with Gasteiger partial charge in [0.2, 0.25) is 6.10 Å². The van der Waals surface area contributed by atoms with E-state index in [0.717, 1.165) is 5.56 Å². The summed E-state index contributed by atoms with van der Waals surface area (Å²) in [5.74, 6) is 0.141. The van der Waals surface area contributed by atoms with Crippen LogP contribution in [-0.2, 0) is 11.3 Å². The molecule has 26 heavy (non-hydrogen) atoms. The first-order chi connectivity index (χ1) is 12.7. The van der Waals surface area contributed by atoms with Crippen molar-refractivity contribution in [2.24, 2.45) is 0 Å². The standard InChI is InChI=1S/C22H18FNO2/c23-19-14-8-7-13-18(19)20-21(26-17-11-5-2-6-12-17)22(25)24(20)15-16-9-3-1-4-10-16/h1-14,20-21H,15H2/t20-,21+/m1/s1. The molecule has 0 aromatic heterocycles. The summed E-state index contributed by atoms with van der Waals surface area (Å²) >= 11 is 0. The average Bonchev–Trinajstić information content (AvgIpc) is 2.69. The second-order valence-electron chi connectivity index (χ2n) is 6.27. The fourth-order valence-electron chi connectivity index (χ4n) is 3.28. The Bertz CT molecular complexity index is 847. The second-order valence-corrected chi connectivity index (χ2v) is 6.27. The number of rotatable bonds is 5. The highest BCUT2D eigenvalue weighted by atomic mass is 19.1. The van der Waals surface area contributed by atoms with E-state index in [2.05, 4.69) is 0 Å². The number of nitrogens with zero attached hydrogens (tertiary/aromatic N) is 1. The topological polar surface area (TPSA) is 29.5 Å². The first-order valence-corrected chi connectivity index (χ1v) is 8.54. The summed E-state index contributed by atoms with van der Waals surface area (Å²) in [5, 5.41) is 0. The lowest BCUT2D eigenvalue weighted by atomic mass is 9.89. The summed E-state index contributed by atoms with van der Waals surface area (Å²) in [6, 6.07) is 25.0. The third kappa shape index (κ3) is 3.06. The van der Waals surface area contributed by atoms with Gasteiger partial charge in [-0.05, 0) is 23.8 Å². The van der Waals surface area contributed by atoms with E-state index in [1.165, 1.54) is 6.07 Å². The molecule has 130 valence electrons. The van der Waals surface area contributed by atoms with Crippen LogP contribution in [0.3, 0.4) is 0 Å². The summed E-state index contributed by atoms with van der Waals surface area (Å²) in [5.41, 5.74) is 1.48. The molecule has 3 aromatic carbocycles.